The highest BCUT2D eigenvalue weighted by atomic mass is 16.6. The van der Waals surface area contributed by atoms with Crippen molar-refractivity contribution in [1.29, 1.82) is 0 Å². The van der Waals surface area contributed by atoms with E-state index in [2.05, 4.69) is 18.7 Å². The van der Waals surface area contributed by atoms with Gasteiger partial charge in [0.25, 0.3) is 0 Å². The molecular weight excluding hydrogens is 394 g/mol. The van der Waals surface area contributed by atoms with Crippen LogP contribution in [-0.4, -0.2) is 35.3 Å². The molecule has 0 unspecified atom stereocenters. The number of nitrogens with zero attached hydrogens (tertiary/aromatic N) is 1. The summed E-state index contributed by atoms with van der Waals surface area (Å²) < 4.78 is 17.2. The van der Waals surface area contributed by atoms with E-state index in [1.54, 1.807) is 12.1 Å². The van der Waals surface area contributed by atoms with Gasteiger partial charge in [-0.3, -0.25) is 9.69 Å². The van der Waals surface area contributed by atoms with E-state index in [0.29, 0.717) is 71.0 Å². The van der Waals surface area contributed by atoms with E-state index in [1.165, 1.54) is 12.7 Å². The third kappa shape index (κ3) is 3.55. The third-order valence-electron chi connectivity index (χ3n) is 6.59. The summed E-state index contributed by atoms with van der Waals surface area (Å²) in [7, 11) is 0. The molecule has 3 heterocycles. The van der Waals surface area contributed by atoms with Crippen molar-refractivity contribution < 1.29 is 19.0 Å². The summed E-state index contributed by atoms with van der Waals surface area (Å²) in [5.74, 6) is 1.47. The molecule has 0 amide bonds. The number of phenols is 1. The highest BCUT2D eigenvalue weighted by Gasteiger charge is 2.27. The Labute approximate surface area is 181 Å². The summed E-state index contributed by atoms with van der Waals surface area (Å²) in [6, 6.07) is 9.54. The fraction of sp³-hybridized carbons (Fsp3) is 0.400. The van der Waals surface area contributed by atoms with Crippen LogP contribution in [0.1, 0.15) is 38.7 Å². The van der Waals surface area contributed by atoms with Crippen molar-refractivity contribution in [3.63, 3.8) is 0 Å². The molecule has 0 bridgehead atoms. The molecule has 0 saturated carbocycles. The molecule has 31 heavy (non-hydrogen) atoms. The van der Waals surface area contributed by atoms with Crippen LogP contribution in [0.25, 0.3) is 22.1 Å². The predicted molar refractivity (Wildman–Crippen MR) is 119 cm³/mol. The van der Waals surface area contributed by atoms with Crippen molar-refractivity contribution >= 4 is 11.0 Å². The highest BCUT2D eigenvalue weighted by molar-refractivity contribution is 5.86. The molecule has 162 valence electrons. The second-order valence-corrected chi connectivity index (χ2v) is 8.58. The van der Waals surface area contributed by atoms with Gasteiger partial charge in [0.05, 0.1) is 16.5 Å². The lowest BCUT2D eigenvalue weighted by Gasteiger charge is -2.39. The summed E-state index contributed by atoms with van der Waals surface area (Å²) in [6.07, 6.45) is 4.97. The third-order valence-corrected chi connectivity index (χ3v) is 6.59. The molecule has 1 saturated heterocycles. The van der Waals surface area contributed by atoms with Gasteiger partial charge >= 0.3 is 0 Å². The minimum Gasteiger partial charge on any atom is -0.507 e. The molecule has 1 aromatic heterocycles. The van der Waals surface area contributed by atoms with E-state index < -0.39 is 0 Å². The minimum absolute atomic E-state index is 0.126. The maximum Gasteiger partial charge on any atom is 0.200 e. The largest absolute Gasteiger partial charge is 0.507 e. The van der Waals surface area contributed by atoms with Crippen LogP contribution in [0.2, 0.25) is 0 Å². The summed E-state index contributed by atoms with van der Waals surface area (Å²) in [5, 5.41) is 11.1. The first-order valence-corrected chi connectivity index (χ1v) is 10.9. The van der Waals surface area contributed by atoms with Crippen molar-refractivity contribution in [3.05, 3.63) is 52.4 Å². The van der Waals surface area contributed by atoms with Crippen LogP contribution in [0.15, 0.2) is 45.8 Å². The normalized spacial score (nSPS) is 21.4. The minimum atomic E-state index is -0.126. The number of piperidine rings is 1. The number of aromatic hydroxyl groups is 1. The second-order valence-electron chi connectivity index (χ2n) is 8.58. The second kappa shape index (κ2) is 7.93. The Hall–Kier alpha value is -2.99. The van der Waals surface area contributed by atoms with Gasteiger partial charge in [-0.25, -0.2) is 0 Å². The average Bonchev–Trinajstić information content (AvgIpc) is 2.77. The van der Waals surface area contributed by atoms with Crippen LogP contribution in [-0.2, 0) is 6.54 Å². The summed E-state index contributed by atoms with van der Waals surface area (Å²) in [4.78, 5) is 15.7. The Morgan fingerprint density at radius 2 is 1.77 bits per heavy atom. The number of fused-ring (bicyclic) bond motifs is 2. The predicted octanol–water partition coefficient (Wildman–Crippen LogP) is 4.70. The van der Waals surface area contributed by atoms with Crippen molar-refractivity contribution in [2.45, 2.75) is 51.7 Å². The maximum absolute atomic E-state index is 13.4. The van der Waals surface area contributed by atoms with Crippen molar-refractivity contribution in [1.82, 2.24) is 4.90 Å². The van der Waals surface area contributed by atoms with Crippen molar-refractivity contribution in [3.8, 4) is 28.4 Å². The van der Waals surface area contributed by atoms with Crippen LogP contribution in [0.5, 0.6) is 17.2 Å². The molecule has 3 aromatic rings. The quantitative estimate of drug-likeness (QED) is 0.661. The van der Waals surface area contributed by atoms with E-state index in [1.807, 2.05) is 18.2 Å². The molecule has 2 aliphatic rings. The van der Waals surface area contributed by atoms with Crippen LogP contribution in [0.3, 0.4) is 0 Å². The van der Waals surface area contributed by atoms with Gasteiger partial charge in [-0.15, -0.1) is 0 Å². The molecule has 0 radical (unpaired) electrons. The Morgan fingerprint density at radius 3 is 2.55 bits per heavy atom. The molecule has 2 aromatic carbocycles. The van der Waals surface area contributed by atoms with Gasteiger partial charge in [0.2, 0.25) is 5.43 Å². The van der Waals surface area contributed by atoms with Gasteiger partial charge in [0, 0.05) is 18.6 Å². The number of rotatable bonds is 3. The zero-order chi connectivity index (χ0) is 21.5. The van der Waals surface area contributed by atoms with E-state index >= 15 is 0 Å². The lowest BCUT2D eigenvalue weighted by molar-refractivity contribution is 0.0945. The Morgan fingerprint density at radius 1 is 1.03 bits per heavy atom. The summed E-state index contributed by atoms with van der Waals surface area (Å²) >= 11 is 0. The van der Waals surface area contributed by atoms with Crippen LogP contribution in [0, 0.1) is 0 Å². The first-order valence-electron chi connectivity index (χ1n) is 10.9. The van der Waals surface area contributed by atoms with E-state index in [0.717, 1.165) is 12.8 Å². The standard InChI is InChI=1S/C25H27NO5/c1-15-4-3-5-16(2)26(15)13-19-21(27)8-7-18-24(28)20(14-31-25(18)19)17-6-9-22-23(12-17)30-11-10-29-22/h6-9,12,14-16,27H,3-5,10-11,13H2,1-2H3/t15-,16-/m1/s1. The molecule has 1 N–H and O–H groups in total. The zero-order valence-corrected chi connectivity index (χ0v) is 17.9. The van der Waals surface area contributed by atoms with Gasteiger partial charge in [0.15, 0.2) is 11.5 Å². The zero-order valence-electron chi connectivity index (χ0n) is 17.9. The molecule has 2 atom stereocenters. The molecule has 6 nitrogen and oxygen atoms in total. The first kappa shape index (κ1) is 19.9. The molecule has 0 spiro atoms. The topological polar surface area (TPSA) is 72.1 Å². The Bertz CT molecular complexity index is 1170. The van der Waals surface area contributed by atoms with Crippen molar-refractivity contribution in [2.24, 2.45) is 0 Å². The molecule has 0 aliphatic carbocycles. The van der Waals surface area contributed by atoms with Crippen molar-refractivity contribution in [2.75, 3.05) is 13.2 Å². The number of phenolic OH excluding ortho intramolecular Hbond substituents is 1. The Balaban J connectivity index is 1.57. The van der Waals surface area contributed by atoms with E-state index in [9.17, 15) is 9.90 Å². The number of benzene rings is 2. The molecular formula is C25H27NO5. The number of hydrogen-bond acceptors (Lipinski definition) is 6. The number of hydrogen-bond donors (Lipinski definition) is 1. The Kier molecular flexibility index (Phi) is 5.10. The van der Waals surface area contributed by atoms with E-state index in [4.69, 9.17) is 13.9 Å². The smallest absolute Gasteiger partial charge is 0.200 e. The first-order chi connectivity index (χ1) is 15.0. The van der Waals surface area contributed by atoms with Crippen LogP contribution < -0.4 is 14.9 Å². The van der Waals surface area contributed by atoms with Gasteiger partial charge in [0.1, 0.15) is 30.8 Å². The molecule has 5 rings (SSSR count). The monoisotopic (exact) mass is 421 g/mol. The van der Waals surface area contributed by atoms with E-state index in [-0.39, 0.29) is 11.2 Å². The lowest BCUT2D eigenvalue weighted by atomic mass is 9.96. The van der Waals surface area contributed by atoms with Crippen LogP contribution in [0.4, 0.5) is 0 Å². The average molecular weight is 421 g/mol. The summed E-state index contributed by atoms with van der Waals surface area (Å²) in [6.45, 7) is 5.99. The number of ether oxygens (including phenoxy) is 2. The van der Waals surface area contributed by atoms with Gasteiger partial charge < -0.3 is 19.0 Å². The van der Waals surface area contributed by atoms with Gasteiger partial charge in [-0.05, 0) is 56.5 Å². The molecule has 1 fully saturated rings. The molecule has 2 aliphatic heterocycles. The number of likely N-dealkylation sites (tertiary alicyclic amines) is 1. The fourth-order valence-electron chi connectivity index (χ4n) is 4.78. The van der Waals surface area contributed by atoms with Gasteiger partial charge in [-0.2, -0.15) is 0 Å². The lowest BCUT2D eigenvalue weighted by Crippen LogP contribution is -2.43. The maximum atomic E-state index is 13.4. The SMILES string of the molecule is C[C@@H]1CCC[C@@H](C)N1Cc1c(O)ccc2c(=O)c(-c3ccc4c(c3)OCCO4)coc12. The van der Waals surface area contributed by atoms with Gasteiger partial charge in [-0.1, -0.05) is 12.5 Å². The summed E-state index contributed by atoms with van der Waals surface area (Å²) in [5.41, 5.74) is 2.17. The van der Waals surface area contributed by atoms with Crippen LogP contribution >= 0.6 is 0 Å². The molecule has 6 heteroatoms. The highest BCUT2D eigenvalue weighted by Crippen LogP contribution is 2.36. The fourth-order valence-corrected chi connectivity index (χ4v) is 4.78.